The molecule has 284 valence electrons. The molecule has 0 radical (unpaired) electrons. The summed E-state index contributed by atoms with van der Waals surface area (Å²) in [4.78, 5) is 47.2. The fourth-order valence-electron chi connectivity index (χ4n) is 5.09. The molecule has 9 nitrogen and oxygen atoms in total. The highest BCUT2D eigenvalue weighted by Gasteiger charge is 2.19. The zero-order valence-corrected chi connectivity index (χ0v) is 31.1. The van der Waals surface area contributed by atoms with Gasteiger partial charge >= 0.3 is 11.9 Å². The van der Waals surface area contributed by atoms with E-state index in [0.29, 0.717) is 12.8 Å². The van der Waals surface area contributed by atoms with Crippen molar-refractivity contribution in [3.63, 3.8) is 0 Å². The molecule has 2 unspecified atom stereocenters. The molecule has 0 aliphatic heterocycles. The summed E-state index contributed by atoms with van der Waals surface area (Å²) in [5.41, 5.74) is 0. The number of aliphatic hydroxyl groups excluding tert-OH is 1. The number of aliphatic carboxylic acids is 1. The molecule has 50 heavy (non-hydrogen) atoms. The number of carbonyl (C=O) groups is 4. The molecule has 0 saturated heterocycles. The molecule has 0 aromatic rings. The van der Waals surface area contributed by atoms with Crippen LogP contribution in [-0.4, -0.2) is 59.3 Å². The van der Waals surface area contributed by atoms with Crippen LogP contribution in [-0.2, 0) is 23.9 Å². The summed E-state index contributed by atoms with van der Waals surface area (Å²) >= 11 is 0. The molecule has 2 amide bonds. The first kappa shape index (κ1) is 46.5. The lowest BCUT2D eigenvalue weighted by atomic mass is 10.0. The second-order valence-corrected chi connectivity index (χ2v) is 12.6. The maximum atomic E-state index is 12.5. The normalized spacial score (nSPS) is 13.2. The molecule has 4 N–H and O–H groups in total. The third-order valence-corrected chi connectivity index (χ3v) is 8.03. The lowest BCUT2D eigenvalue weighted by Crippen LogP contribution is -2.47. The van der Waals surface area contributed by atoms with E-state index >= 15 is 0 Å². The lowest BCUT2D eigenvalue weighted by Gasteiger charge is -2.18. The molecule has 0 bridgehead atoms. The van der Waals surface area contributed by atoms with Crippen LogP contribution in [0.15, 0.2) is 60.8 Å². The van der Waals surface area contributed by atoms with Crippen LogP contribution in [0.5, 0.6) is 0 Å². The van der Waals surface area contributed by atoms with Crippen molar-refractivity contribution < 1.29 is 34.1 Å². The van der Waals surface area contributed by atoms with Crippen molar-refractivity contribution in [2.75, 3.05) is 13.2 Å². The van der Waals surface area contributed by atoms with Gasteiger partial charge in [-0.2, -0.15) is 0 Å². The molecule has 0 saturated carbocycles. The van der Waals surface area contributed by atoms with Gasteiger partial charge in [0.25, 0.3) is 0 Å². The highest BCUT2D eigenvalue weighted by molar-refractivity contribution is 5.87. The second kappa shape index (κ2) is 35.4. The summed E-state index contributed by atoms with van der Waals surface area (Å²) < 4.78 is 5.85. The number of ether oxygens (including phenoxy) is 1. The molecular weight excluding hydrogens is 632 g/mol. The van der Waals surface area contributed by atoms with Gasteiger partial charge in [0.15, 0.2) is 0 Å². The van der Waals surface area contributed by atoms with E-state index < -0.39 is 24.5 Å². The predicted molar refractivity (Wildman–Crippen MR) is 204 cm³/mol. The summed E-state index contributed by atoms with van der Waals surface area (Å²) in [5.74, 6) is -2.43. The fourth-order valence-corrected chi connectivity index (χ4v) is 5.09. The number of hydrogen-bond acceptors (Lipinski definition) is 6. The van der Waals surface area contributed by atoms with E-state index in [1.807, 2.05) is 0 Å². The summed E-state index contributed by atoms with van der Waals surface area (Å²) in [6, 6.07) is -1.39. The van der Waals surface area contributed by atoms with Gasteiger partial charge in [0.2, 0.25) is 11.8 Å². The van der Waals surface area contributed by atoms with Gasteiger partial charge in [-0.3, -0.25) is 14.4 Å². The average Bonchev–Trinajstić information content (AvgIpc) is 3.10. The second-order valence-electron chi connectivity index (χ2n) is 12.6. The largest absolute Gasteiger partial charge is 0.480 e. The standard InChI is InChI=1S/C41H68N2O7/c1-3-5-7-8-9-10-11-12-13-14-15-16-17-18-19-20-21-22-23-24-29-33-40(47)50-36(30-26-6-4-2)31-27-25-28-32-38(45)42-34-39(46)43-37(35-44)41(48)49/h5,7,9-10,12-13,15-16,18-19,36-37,44H,3-4,6,8,11,14,17,20-35H2,1-2H3,(H,42,45)(H,43,46)(H,48,49)/b7-5-,10-9-,13-12-,16-15-,19-18-. The number of aliphatic hydroxyl groups is 1. The Morgan fingerprint density at radius 1 is 0.620 bits per heavy atom. The predicted octanol–water partition coefficient (Wildman–Crippen LogP) is 8.59. The van der Waals surface area contributed by atoms with Gasteiger partial charge in [-0.1, -0.05) is 113 Å². The third-order valence-electron chi connectivity index (χ3n) is 8.03. The van der Waals surface area contributed by atoms with Gasteiger partial charge in [-0.05, 0) is 83.5 Å². The molecule has 0 heterocycles. The Bertz CT molecular complexity index is 1030. The molecule has 0 aromatic heterocycles. The molecule has 0 aliphatic rings. The van der Waals surface area contributed by atoms with Crippen LogP contribution in [0.3, 0.4) is 0 Å². The Hall–Kier alpha value is -3.46. The Morgan fingerprint density at radius 2 is 1.14 bits per heavy atom. The SMILES string of the molecule is CC/C=C\C/C=C\C/C=C\C/C=C\C/C=C\CCCCCCCC(=O)OC(CCCCC)CCCCCC(=O)NCC(=O)NC(CO)C(=O)O. The number of esters is 1. The van der Waals surface area contributed by atoms with Crippen molar-refractivity contribution in [3.05, 3.63) is 60.8 Å². The smallest absolute Gasteiger partial charge is 0.328 e. The van der Waals surface area contributed by atoms with Crippen LogP contribution in [0.2, 0.25) is 0 Å². The zero-order chi connectivity index (χ0) is 36.9. The number of amides is 2. The van der Waals surface area contributed by atoms with E-state index in [0.717, 1.165) is 103 Å². The zero-order valence-electron chi connectivity index (χ0n) is 31.1. The fraction of sp³-hybridized carbons (Fsp3) is 0.659. The van der Waals surface area contributed by atoms with Crippen molar-refractivity contribution in [3.8, 4) is 0 Å². The first-order chi connectivity index (χ1) is 24.3. The minimum absolute atomic E-state index is 0.0938. The van der Waals surface area contributed by atoms with Crippen molar-refractivity contribution in [1.82, 2.24) is 10.6 Å². The third kappa shape index (κ3) is 31.8. The molecule has 0 fully saturated rings. The molecule has 2 atom stereocenters. The molecule has 0 spiro atoms. The minimum Gasteiger partial charge on any atom is -0.480 e. The Kier molecular flexibility index (Phi) is 32.9. The molecule has 0 rings (SSSR count). The van der Waals surface area contributed by atoms with Crippen LogP contribution in [0.4, 0.5) is 0 Å². The van der Waals surface area contributed by atoms with Gasteiger partial charge in [-0.25, -0.2) is 4.79 Å². The summed E-state index contributed by atoms with van der Waals surface area (Å²) in [7, 11) is 0. The quantitative estimate of drug-likeness (QED) is 0.0305. The van der Waals surface area contributed by atoms with E-state index in [1.54, 1.807) is 0 Å². The van der Waals surface area contributed by atoms with E-state index in [1.165, 1.54) is 12.8 Å². The first-order valence-electron chi connectivity index (χ1n) is 19.2. The number of hydrogen-bond donors (Lipinski definition) is 4. The minimum atomic E-state index is -1.39. The molecule has 0 aliphatic carbocycles. The van der Waals surface area contributed by atoms with Gasteiger partial charge < -0.3 is 25.6 Å². The Balaban J connectivity index is 3.99. The summed E-state index contributed by atoms with van der Waals surface area (Å²) in [6.07, 6.45) is 41.5. The molecule has 0 aromatic carbocycles. The van der Waals surface area contributed by atoms with E-state index in [9.17, 15) is 19.2 Å². The van der Waals surface area contributed by atoms with Crippen molar-refractivity contribution in [1.29, 1.82) is 0 Å². The highest BCUT2D eigenvalue weighted by atomic mass is 16.5. The van der Waals surface area contributed by atoms with Crippen molar-refractivity contribution in [2.45, 2.75) is 161 Å². The van der Waals surface area contributed by atoms with Gasteiger partial charge in [0, 0.05) is 12.8 Å². The van der Waals surface area contributed by atoms with Crippen molar-refractivity contribution >= 4 is 23.8 Å². The number of unbranched alkanes of at least 4 members (excludes halogenated alkanes) is 9. The Labute approximate surface area is 302 Å². The van der Waals surface area contributed by atoms with Gasteiger partial charge in [-0.15, -0.1) is 0 Å². The lowest BCUT2D eigenvalue weighted by molar-refractivity contribution is -0.150. The van der Waals surface area contributed by atoms with Crippen LogP contribution in [0, 0.1) is 0 Å². The topological polar surface area (TPSA) is 142 Å². The maximum absolute atomic E-state index is 12.5. The van der Waals surface area contributed by atoms with E-state index in [2.05, 4.69) is 85.2 Å². The van der Waals surface area contributed by atoms with E-state index in [4.69, 9.17) is 14.9 Å². The van der Waals surface area contributed by atoms with Crippen LogP contribution < -0.4 is 10.6 Å². The summed E-state index contributed by atoms with van der Waals surface area (Å²) in [6.45, 7) is 3.23. The Morgan fingerprint density at radius 3 is 1.72 bits per heavy atom. The van der Waals surface area contributed by atoms with Crippen LogP contribution in [0.25, 0.3) is 0 Å². The molecular formula is C41H68N2O7. The highest BCUT2D eigenvalue weighted by Crippen LogP contribution is 2.17. The first-order valence-corrected chi connectivity index (χ1v) is 19.2. The van der Waals surface area contributed by atoms with Crippen molar-refractivity contribution in [2.24, 2.45) is 0 Å². The monoisotopic (exact) mass is 701 g/mol. The van der Waals surface area contributed by atoms with Gasteiger partial charge in [0.05, 0.1) is 13.2 Å². The number of allylic oxidation sites excluding steroid dienone is 10. The maximum Gasteiger partial charge on any atom is 0.328 e. The number of rotatable bonds is 33. The van der Waals surface area contributed by atoms with Crippen LogP contribution >= 0.6 is 0 Å². The number of nitrogens with one attached hydrogen (secondary N) is 2. The average molecular weight is 701 g/mol. The van der Waals surface area contributed by atoms with E-state index in [-0.39, 0.29) is 30.9 Å². The molecule has 9 heteroatoms. The summed E-state index contributed by atoms with van der Waals surface area (Å²) in [5, 5.41) is 22.4. The number of carbonyl (C=O) groups excluding carboxylic acids is 3. The number of carboxylic acids is 1. The van der Waals surface area contributed by atoms with Crippen LogP contribution in [0.1, 0.15) is 149 Å². The number of carboxylic acid groups (broad SMARTS) is 1. The van der Waals surface area contributed by atoms with Gasteiger partial charge in [0.1, 0.15) is 12.1 Å².